The number of methoxy groups -OCH3 is 1. The van der Waals surface area contributed by atoms with E-state index in [1.807, 2.05) is 32.9 Å². The van der Waals surface area contributed by atoms with Crippen molar-refractivity contribution in [2.75, 3.05) is 25.0 Å². The molecule has 0 spiro atoms. The van der Waals surface area contributed by atoms with Gasteiger partial charge in [-0.15, -0.1) is 0 Å². The molecule has 3 aromatic carbocycles. The zero-order chi connectivity index (χ0) is 28.0. The first-order valence-corrected chi connectivity index (χ1v) is 13.7. The lowest BCUT2D eigenvalue weighted by atomic mass is 10.1. The molecule has 0 aliphatic heterocycles. The highest BCUT2D eigenvalue weighted by atomic mass is 32.2. The van der Waals surface area contributed by atoms with Crippen molar-refractivity contribution in [2.45, 2.75) is 45.2 Å². The summed E-state index contributed by atoms with van der Waals surface area (Å²) in [5.74, 6) is -0.264. The van der Waals surface area contributed by atoms with Crippen LogP contribution in [0.15, 0.2) is 71.6 Å². The third-order valence-electron chi connectivity index (χ3n) is 6.57. The van der Waals surface area contributed by atoms with E-state index in [0.29, 0.717) is 11.4 Å². The third kappa shape index (κ3) is 6.52. The number of carbonyl (C=O) groups excluding carboxylic acids is 2. The number of nitrogens with one attached hydrogen (secondary N) is 1. The molecule has 202 valence electrons. The second-order valence-electron chi connectivity index (χ2n) is 9.26. The number of aryl methyl sites for hydroxylation is 3. The summed E-state index contributed by atoms with van der Waals surface area (Å²) in [5.41, 5.74) is 3.93. The van der Waals surface area contributed by atoms with E-state index in [1.165, 1.54) is 24.1 Å². The highest BCUT2D eigenvalue weighted by molar-refractivity contribution is 7.92. The molecule has 0 saturated heterocycles. The molecule has 1 N–H and O–H groups in total. The van der Waals surface area contributed by atoms with Crippen LogP contribution < -0.4 is 14.4 Å². The van der Waals surface area contributed by atoms with Gasteiger partial charge >= 0.3 is 0 Å². The Morgan fingerprint density at radius 2 is 1.63 bits per heavy atom. The van der Waals surface area contributed by atoms with Gasteiger partial charge < -0.3 is 15.0 Å². The van der Waals surface area contributed by atoms with Gasteiger partial charge in [-0.05, 0) is 80.8 Å². The Kier molecular flexibility index (Phi) is 9.17. The van der Waals surface area contributed by atoms with Gasteiger partial charge in [0.25, 0.3) is 10.0 Å². The number of carbonyl (C=O) groups is 2. The number of anilines is 1. The molecule has 0 bridgehead atoms. The lowest BCUT2D eigenvalue weighted by Gasteiger charge is -2.32. The van der Waals surface area contributed by atoms with Gasteiger partial charge in [-0.2, -0.15) is 0 Å². The van der Waals surface area contributed by atoms with Crippen molar-refractivity contribution in [1.82, 2.24) is 10.2 Å². The van der Waals surface area contributed by atoms with Gasteiger partial charge in [0, 0.05) is 13.6 Å². The number of hydrogen-bond donors (Lipinski definition) is 1. The summed E-state index contributed by atoms with van der Waals surface area (Å²) in [6.07, 6.45) is 0. The van der Waals surface area contributed by atoms with Crippen LogP contribution in [0.2, 0.25) is 0 Å². The van der Waals surface area contributed by atoms with E-state index in [1.54, 1.807) is 56.5 Å². The molecule has 2 amide bonds. The lowest BCUT2D eigenvalue weighted by molar-refractivity contribution is -0.139. The fraction of sp³-hybridized carbons (Fsp3) is 0.310. The normalized spacial score (nSPS) is 11.9. The Morgan fingerprint density at radius 1 is 0.947 bits per heavy atom. The summed E-state index contributed by atoms with van der Waals surface area (Å²) in [6.45, 7) is 6.92. The monoisotopic (exact) mass is 537 g/mol. The highest BCUT2D eigenvalue weighted by Gasteiger charge is 2.32. The largest absolute Gasteiger partial charge is 0.497 e. The maximum atomic E-state index is 13.9. The molecule has 0 aromatic heterocycles. The SMILES string of the molecule is CNC(=O)[C@H](C)N(Cc1cccc(OC)c1)C(=O)CN(c1ccc(C)c(C)c1)S(=O)(=O)c1ccc(C)cc1. The van der Waals surface area contributed by atoms with E-state index in [2.05, 4.69) is 5.32 Å². The molecule has 0 aliphatic carbocycles. The van der Waals surface area contributed by atoms with Crippen LogP contribution in [0, 0.1) is 20.8 Å². The second kappa shape index (κ2) is 12.1. The summed E-state index contributed by atoms with van der Waals surface area (Å²) in [4.78, 5) is 27.9. The quantitative estimate of drug-likeness (QED) is 0.422. The van der Waals surface area contributed by atoms with Gasteiger partial charge in [-0.25, -0.2) is 8.42 Å². The maximum absolute atomic E-state index is 13.9. The van der Waals surface area contributed by atoms with Gasteiger partial charge in [-0.3, -0.25) is 13.9 Å². The molecular formula is C29H35N3O5S. The minimum Gasteiger partial charge on any atom is -0.497 e. The van der Waals surface area contributed by atoms with Crippen molar-refractivity contribution in [2.24, 2.45) is 0 Å². The summed E-state index contributed by atoms with van der Waals surface area (Å²) in [6, 6.07) is 18.1. The number of amides is 2. The number of sulfonamides is 1. The molecule has 0 saturated carbocycles. The Hall–Kier alpha value is -3.85. The molecule has 9 heteroatoms. The predicted molar refractivity (Wildman–Crippen MR) is 149 cm³/mol. The van der Waals surface area contributed by atoms with Crippen LogP contribution in [0.25, 0.3) is 0 Å². The average Bonchev–Trinajstić information content (AvgIpc) is 2.91. The van der Waals surface area contributed by atoms with Crippen LogP contribution in [-0.4, -0.2) is 51.9 Å². The molecule has 8 nitrogen and oxygen atoms in total. The van der Waals surface area contributed by atoms with Gasteiger partial charge in [0.2, 0.25) is 11.8 Å². The number of rotatable bonds is 10. The van der Waals surface area contributed by atoms with Crippen LogP contribution >= 0.6 is 0 Å². The summed E-state index contributed by atoms with van der Waals surface area (Å²) in [5, 5.41) is 2.58. The van der Waals surface area contributed by atoms with Crippen molar-refractivity contribution >= 4 is 27.5 Å². The smallest absolute Gasteiger partial charge is 0.264 e. The van der Waals surface area contributed by atoms with E-state index in [9.17, 15) is 18.0 Å². The van der Waals surface area contributed by atoms with Crippen molar-refractivity contribution in [3.05, 3.63) is 89.0 Å². The summed E-state index contributed by atoms with van der Waals surface area (Å²) in [7, 11) is -1.05. The van der Waals surface area contributed by atoms with Crippen LogP contribution in [0.1, 0.15) is 29.2 Å². The zero-order valence-corrected chi connectivity index (χ0v) is 23.5. The van der Waals surface area contributed by atoms with E-state index in [0.717, 1.165) is 26.6 Å². The Labute approximate surface area is 225 Å². The van der Waals surface area contributed by atoms with Gasteiger partial charge in [0.05, 0.1) is 17.7 Å². The van der Waals surface area contributed by atoms with Crippen LogP contribution in [0.5, 0.6) is 5.75 Å². The first-order valence-electron chi connectivity index (χ1n) is 12.3. The van der Waals surface area contributed by atoms with Crippen molar-refractivity contribution < 1.29 is 22.7 Å². The Bertz CT molecular complexity index is 1400. The molecule has 0 heterocycles. The molecule has 0 unspecified atom stereocenters. The topological polar surface area (TPSA) is 96.0 Å². The van der Waals surface area contributed by atoms with Crippen molar-refractivity contribution in [1.29, 1.82) is 0 Å². The first kappa shape index (κ1) is 28.7. The molecule has 0 radical (unpaired) electrons. The van der Waals surface area contributed by atoms with Gasteiger partial charge in [-0.1, -0.05) is 35.9 Å². The molecule has 0 aliphatic rings. The number of hydrogen-bond acceptors (Lipinski definition) is 5. The number of benzene rings is 3. The fourth-order valence-electron chi connectivity index (χ4n) is 4.01. The van der Waals surface area contributed by atoms with Gasteiger partial charge in [0.1, 0.15) is 18.3 Å². The first-order chi connectivity index (χ1) is 18.0. The molecule has 3 rings (SSSR count). The van der Waals surface area contributed by atoms with Crippen LogP contribution in [-0.2, 0) is 26.2 Å². The Balaban J connectivity index is 2.06. The van der Waals surface area contributed by atoms with Crippen LogP contribution in [0.3, 0.4) is 0 Å². The van der Waals surface area contributed by atoms with E-state index in [4.69, 9.17) is 4.74 Å². The standard InChI is InChI=1S/C29H35N3O5S/c1-20-10-14-27(15-11-20)38(35,36)32(25-13-12-21(2)22(3)16-25)19-28(33)31(23(4)29(34)30-5)18-24-8-7-9-26(17-24)37-6/h7-17,23H,18-19H2,1-6H3,(H,30,34)/t23-/m0/s1. The average molecular weight is 538 g/mol. The fourth-order valence-corrected chi connectivity index (χ4v) is 5.41. The van der Waals surface area contributed by atoms with Crippen LogP contribution in [0.4, 0.5) is 5.69 Å². The summed E-state index contributed by atoms with van der Waals surface area (Å²) >= 11 is 0. The summed E-state index contributed by atoms with van der Waals surface area (Å²) < 4.78 is 34.1. The number of ether oxygens (including phenoxy) is 1. The lowest BCUT2D eigenvalue weighted by Crippen LogP contribution is -2.50. The molecule has 38 heavy (non-hydrogen) atoms. The minimum absolute atomic E-state index is 0.0767. The molecular weight excluding hydrogens is 502 g/mol. The van der Waals surface area contributed by atoms with E-state index < -0.39 is 28.5 Å². The maximum Gasteiger partial charge on any atom is 0.264 e. The van der Waals surface area contributed by atoms with E-state index in [-0.39, 0.29) is 17.3 Å². The predicted octanol–water partition coefficient (Wildman–Crippen LogP) is 3.98. The van der Waals surface area contributed by atoms with E-state index >= 15 is 0 Å². The highest BCUT2D eigenvalue weighted by Crippen LogP contribution is 2.27. The third-order valence-corrected chi connectivity index (χ3v) is 8.36. The van der Waals surface area contributed by atoms with Gasteiger partial charge in [0.15, 0.2) is 0 Å². The molecule has 0 fully saturated rings. The minimum atomic E-state index is -4.10. The van der Waals surface area contributed by atoms with Crippen molar-refractivity contribution in [3.63, 3.8) is 0 Å². The zero-order valence-electron chi connectivity index (χ0n) is 22.7. The Morgan fingerprint density at radius 3 is 2.24 bits per heavy atom. The number of likely N-dealkylation sites (N-methyl/N-ethyl adjacent to an activating group) is 1. The second-order valence-corrected chi connectivity index (χ2v) is 11.1. The number of nitrogens with zero attached hydrogens (tertiary/aromatic N) is 2. The van der Waals surface area contributed by atoms with Crippen molar-refractivity contribution in [3.8, 4) is 5.75 Å². The molecule has 3 aromatic rings. The molecule has 1 atom stereocenters.